The molecule has 1 aliphatic carbocycles. The van der Waals surface area contributed by atoms with Crippen molar-refractivity contribution in [2.45, 2.75) is 18.6 Å². The number of carbonyl (C=O) groups is 1. The summed E-state index contributed by atoms with van der Waals surface area (Å²) in [4.78, 5) is 10.3. The van der Waals surface area contributed by atoms with Crippen LogP contribution in [0.2, 0.25) is 0 Å². The van der Waals surface area contributed by atoms with E-state index >= 15 is 0 Å². The maximum Gasteiger partial charge on any atom is 0.303 e. The number of aliphatic carboxylic acids is 1. The molecular formula is C12H17O5. The topological polar surface area (TPSA) is 65.0 Å². The highest BCUT2D eigenvalue weighted by Gasteiger charge is 2.29. The maximum absolute atomic E-state index is 10.3. The molecule has 0 heterocycles. The van der Waals surface area contributed by atoms with Crippen LogP contribution in [-0.2, 0) is 19.0 Å². The summed E-state index contributed by atoms with van der Waals surface area (Å²) < 4.78 is 15.9. The Labute approximate surface area is 101 Å². The second kappa shape index (κ2) is 6.42. The molecule has 0 saturated heterocycles. The van der Waals surface area contributed by atoms with Crippen LogP contribution in [0, 0.1) is 6.42 Å². The van der Waals surface area contributed by atoms with Gasteiger partial charge in [-0.05, 0) is 12.5 Å². The zero-order valence-corrected chi connectivity index (χ0v) is 10.0. The van der Waals surface area contributed by atoms with Crippen molar-refractivity contribution in [2.24, 2.45) is 0 Å². The van der Waals surface area contributed by atoms with Gasteiger partial charge in [0.2, 0.25) is 0 Å². The number of allylic oxidation sites excluding steroid dienone is 1. The molecule has 0 aromatic rings. The molecule has 0 aliphatic heterocycles. The number of rotatable bonds is 7. The van der Waals surface area contributed by atoms with Crippen LogP contribution in [0.1, 0.15) is 12.8 Å². The number of carboxylic acids is 1. The molecule has 1 aliphatic rings. The Morgan fingerprint density at radius 1 is 1.41 bits per heavy atom. The van der Waals surface area contributed by atoms with E-state index in [1.807, 2.05) is 0 Å². The first-order chi connectivity index (χ1) is 8.12. The van der Waals surface area contributed by atoms with Gasteiger partial charge in [-0.15, -0.1) is 0 Å². The zero-order valence-electron chi connectivity index (χ0n) is 10.0. The van der Waals surface area contributed by atoms with Crippen molar-refractivity contribution in [1.29, 1.82) is 0 Å². The molecule has 0 unspecified atom stereocenters. The van der Waals surface area contributed by atoms with E-state index in [-0.39, 0.29) is 6.42 Å². The highest BCUT2D eigenvalue weighted by atomic mass is 16.7. The molecule has 5 heteroatoms. The Balaban J connectivity index is 2.44. The van der Waals surface area contributed by atoms with E-state index in [2.05, 4.69) is 0 Å². The van der Waals surface area contributed by atoms with Gasteiger partial charge in [0.25, 0.3) is 0 Å². The summed E-state index contributed by atoms with van der Waals surface area (Å²) >= 11 is 0. The van der Waals surface area contributed by atoms with Crippen LogP contribution in [0.5, 0.6) is 0 Å². The minimum atomic E-state index is -0.892. The Hall–Kier alpha value is -1.33. The molecule has 0 amide bonds. The Bertz CT molecular complexity index is 315. The average molecular weight is 241 g/mol. The summed E-state index contributed by atoms with van der Waals surface area (Å²) in [6, 6.07) is 0. The van der Waals surface area contributed by atoms with Crippen molar-refractivity contribution in [3.63, 3.8) is 0 Å². The fraction of sp³-hybridized carbons (Fsp3) is 0.500. The minimum Gasteiger partial charge on any atom is -0.494 e. The number of ether oxygens (including phenoxy) is 3. The van der Waals surface area contributed by atoms with Crippen molar-refractivity contribution in [3.05, 3.63) is 30.4 Å². The van der Waals surface area contributed by atoms with Gasteiger partial charge < -0.3 is 19.3 Å². The summed E-state index contributed by atoms with van der Waals surface area (Å²) in [6.07, 6.45) is 7.58. The summed E-state index contributed by atoms with van der Waals surface area (Å²) in [6.45, 7) is 0.353. The van der Waals surface area contributed by atoms with Crippen LogP contribution < -0.4 is 0 Å². The van der Waals surface area contributed by atoms with Crippen molar-refractivity contribution in [1.82, 2.24) is 0 Å². The standard InChI is InChI=1S/C12H17O5/c1-15-12(16-2)7-3-5-10(9-12)17-8-4-6-11(13)14/h3,5,7,9H,4,6,8H2,1-2H3,(H,13,14). The largest absolute Gasteiger partial charge is 0.494 e. The second-order valence-corrected chi connectivity index (χ2v) is 3.55. The lowest BCUT2D eigenvalue weighted by Gasteiger charge is -2.28. The average Bonchev–Trinajstić information content (AvgIpc) is 2.34. The molecule has 95 valence electrons. The van der Waals surface area contributed by atoms with Gasteiger partial charge in [-0.25, -0.2) is 0 Å². The molecule has 1 radical (unpaired) electrons. The van der Waals surface area contributed by atoms with E-state index in [1.165, 1.54) is 14.2 Å². The quantitative estimate of drug-likeness (QED) is 0.540. The van der Waals surface area contributed by atoms with Crippen LogP contribution in [0.4, 0.5) is 0 Å². The summed E-state index contributed by atoms with van der Waals surface area (Å²) in [5.74, 6) is -1.10. The molecule has 0 bridgehead atoms. The molecule has 0 fully saturated rings. The molecule has 0 aromatic heterocycles. The van der Waals surface area contributed by atoms with Crippen LogP contribution in [-0.4, -0.2) is 37.7 Å². The first-order valence-electron chi connectivity index (χ1n) is 5.32. The summed E-state index contributed by atoms with van der Waals surface area (Å²) in [7, 11) is 3.08. The van der Waals surface area contributed by atoms with Gasteiger partial charge in [-0.3, -0.25) is 4.79 Å². The molecule has 5 nitrogen and oxygen atoms in total. The predicted molar refractivity (Wildman–Crippen MR) is 61.1 cm³/mol. The predicted octanol–water partition coefficient (Wildman–Crippen LogP) is 1.51. The highest BCUT2D eigenvalue weighted by molar-refractivity contribution is 5.66. The first kappa shape index (κ1) is 13.7. The van der Waals surface area contributed by atoms with Crippen molar-refractivity contribution in [2.75, 3.05) is 20.8 Å². The Kier molecular flexibility index (Phi) is 5.18. The van der Waals surface area contributed by atoms with E-state index in [9.17, 15) is 4.79 Å². The zero-order chi connectivity index (χ0) is 12.7. The van der Waals surface area contributed by atoms with E-state index in [0.717, 1.165) is 0 Å². The molecule has 0 atom stereocenters. The van der Waals surface area contributed by atoms with Crippen LogP contribution in [0.15, 0.2) is 24.0 Å². The van der Waals surface area contributed by atoms with Crippen molar-refractivity contribution < 1.29 is 24.1 Å². The van der Waals surface area contributed by atoms with Gasteiger partial charge in [0, 0.05) is 33.1 Å². The van der Waals surface area contributed by atoms with Gasteiger partial charge in [-0.2, -0.15) is 0 Å². The SMILES string of the molecule is COC1(OC)[CH]C=CC(OCCCC(=O)O)=C1. The Morgan fingerprint density at radius 2 is 2.12 bits per heavy atom. The van der Waals surface area contributed by atoms with Gasteiger partial charge in [0.05, 0.1) is 6.61 Å². The lowest BCUT2D eigenvalue weighted by molar-refractivity contribution is -0.144. The van der Waals surface area contributed by atoms with Gasteiger partial charge in [0.15, 0.2) is 5.79 Å². The fourth-order valence-electron chi connectivity index (χ4n) is 1.41. The lowest BCUT2D eigenvalue weighted by Crippen LogP contribution is -2.33. The first-order valence-corrected chi connectivity index (χ1v) is 5.32. The van der Waals surface area contributed by atoms with Crippen LogP contribution in [0.25, 0.3) is 0 Å². The number of hydrogen-bond acceptors (Lipinski definition) is 4. The third-order valence-electron chi connectivity index (χ3n) is 2.37. The molecule has 0 aromatic carbocycles. The summed E-state index contributed by atoms with van der Waals surface area (Å²) in [5.41, 5.74) is 0. The molecular weight excluding hydrogens is 224 g/mol. The van der Waals surface area contributed by atoms with Crippen molar-refractivity contribution >= 4 is 5.97 Å². The molecule has 17 heavy (non-hydrogen) atoms. The maximum atomic E-state index is 10.3. The highest BCUT2D eigenvalue weighted by Crippen LogP contribution is 2.25. The van der Waals surface area contributed by atoms with Gasteiger partial charge >= 0.3 is 5.97 Å². The normalized spacial score (nSPS) is 17.6. The molecule has 0 spiro atoms. The van der Waals surface area contributed by atoms with Crippen LogP contribution in [0.3, 0.4) is 0 Å². The second-order valence-electron chi connectivity index (χ2n) is 3.55. The minimum absolute atomic E-state index is 0.100. The molecule has 1 N–H and O–H groups in total. The molecule has 1 rings (SSSR count). The summed E-state index contributed by atoms with van der Waals surface area (Å²) in [5, 5.41) is 8.48. The lowest BCUT2D eigenvalue weighted by atomic mass is 10.1. The van der Waals surface area contributed by atoms with Gasteiger partial charge in [0.1, 0.15) is 5.76 Å². The van der Waals surface area contributed by atoms with E-state index in [1.54, 1.807) is 24.6 Å². The molecule has 0 saturated carbocycles. The van der Waals surface area contributed by atoms with Crippen molar-refractivity contribution in [3.8, 4) is 0 Å². The fourth-order valence-corrected chi connectivity index (χ4v) is 1.41. The number of carboxylic acid groups (broad SMARTS) is 1. The number of hydrogen-bond donors (Lipinski definition) is 1. The van der Waals surface area contributed by atoms with E-state index < -0.39 is 11.8 Å². The smallest absolute Gasteiger partial charge is 0.303 e. The van der Waals surface area contributed by atoms with Gasteiger partial charge in [-0.1, -0.05) is 6.08 Å². The van der Waals surface area contributed by atoms with Crippen LogP contribution >= 0.6 is 0 Å². The number of methoxy groups -OCH3 is 2. The Morgan fingerprint density at radius 3 is 2.71 bits per heavy atom. The van der Waals surface area contributed by atoms with E-state index in [4.69, 9.17) is 19.3 Å². The third kappa shape index (κ3) is 4.20. The monoisotopic (exact) mass is 241 g/mol. The van der Waals surface area contributed by atoms with E-state index in [0.29, 0.717) is 18.8 Å². The third-order valence-corrected chi connectivity index (χ3v) is 2.37.